The van der Waals surface area contributed by atoms with Crippen molar-refractivity contribution in [3.8, 4) is 0 Å². The summed E-state index contributed by atoms with van der Waals surface area (Å²) in [5.74, 6) is 0. The fraction of sp³-hybridized carbons (Fsp3) is 1.00. The Morgan fingerprint density at radius 3 is 0.895 bits per heavy atom. The minimum atomic E-state index is -1.11. The highest BCUT2D eigenvalue weighted by Gasteiger charge is 2.26. The molecule has 0 aliphatic carbocycles. The number of aliphatic hydroxyl groups excluding tert-OH is 7. The monoisotopic (exact) mass is 285 g/mol. The summed E-state index contributed by atoms with van der Waals surface area (Å²) < 4.78 is 0. The molecule has 0 rings (SSSR count). The van der Waals surface area contributed by atoms with E-state index in [0.29, 0.717) is 19.6 Å². The maximum atomic E-state index is 8.50. The fourth-order valence-corrected chi connectivity index (χ4v) is 1.06. The van der Waals surface area contributed by atoms with Crippen LogP contribution in [0.1, 0.15) is 0 Å². The first kappa shape index (κ1) is 21.0. The number of aliphatic hydroxyl groups is 7. The largest absolute Gasteiger partial charge is 0.396 e. The second-order valence-electron chi connectivity index (χ2n) is 4.14. The van der Waals surface area contributed by atoms with Crippen LogP contribution >= 0.6 is 0 Å². The highest BCUT2D eigenvalue weighted by Crippen LogP contribution is 2.11. The van der Waals surface area contributed by atoms with Crippen molar-refractivity contribution in [2.45, 2.75) is 0 Å². The van der Waals surface area contributed by atoms with Gasteiger partial charge in [-0.1, -0.05) is 0 Å². The zero-order chi connectivity index (χ0) is 15.1. The average molecular weight is 285 g/mol. The summed E-state index contributed by atoms with van der Waals surface area (Å²) in [7, 11) is 0. The van der Waals surface area contributed by atoms with Crippen molar-refractivity contribution in [2.24, 2.45) is 5.41 Å². The first-order valence-corrected chi connectivity index (χ1v) is 6.08. The maximum absolute atomic E-state index is 8.50. The van der Waals surface area contributed by atoms with Gasteiger partial charge in [0.1, 0.15) is 0 Å². The Bertz CT molecular complexity index is 147. The Kier molecular flexibility index (Phi) is 15.6. The van der Waals surface area contributed by atoms with E-state index in [2.05, 4.69) is 0 Å². The third-order valence-electron chi connectivity index (χ3n) is 2.59. The first-order chi connectivity index (χ1) is 9.09. The van der Waals surface area contributed by atoms with Crippen LogP contribution < -0.4 is 0 Å². The van der Waals surface area contributed by atoms with Gasteiger partial charge in [-0.2, -0.15) is 0 Å². The Labute approximate surface area is 113 Å². The molecule has 0 bridgehead atoms. The normalized spacial score (nSPS) is 11.4. The highest BCUT2D eigenvalue weighted by molar-refractivity contribution is 4.74. The minimum Gasteiger partial charge on any atom is -0.396 e. The van der Waals surface area contributed by atoms with Crippen LogP contribution in [0.5, 0.6) is 0 Å². The van der Waals surface area contributed by atoms with E-state index in [4.69, 9.17) is 35.7 Å². The van der Waals surface area contributed by atoms with Gasteiger partial charge >= 0.3 is 0 Å². The molecular formula is C11H27NO7. The lowest BCUT2D eigenvalue weighted by Gasteiger charge is -2.23. The van der Waals surface area contributed by atoms with Gasteiger partial charge in [-0.15, -0.1) is 0 Å². The van der Waals surface area contributed by atoms with Crippen molar-refractivity contribution in [3.63, 3.8) is 0 Å². The molecule has 0 atom stereocenters. The SMILES string of the molecule is OCC(CO)(CO)CO.OCCN(CCO)CCO. The van der Waals surface area contributed by atoms with E-state index in [1.54, 1.807) is 4.90 Å². The van der Waals surface area contributed by atoms with Crippen molar-refractivity contribution in [1.82, 2.24) is 4.90 Å². The summed E-state index contributed by atoms with van der Waals surface area (Å²) >= 11 is 0. The quantitative estimate of drug-likeness (QED) is 0.216. The number of nitrogens with zero attached hydrogens (tertiary/aromatic N) is 1. The third kappa shape index (κ3) is 10.2. The van der Waals surface area contributed by atoms with E-state index in [1.165, 1.54) is 0 Å². The Balaban J connectivity index is 0. The van der Waals surface area contributed by atoms with Gasteiger partial charge in [-0.3, -0.25) is 4.90 Å². The van der Waals surface area contributed by atoms with E-state index in [0.717, 1.165) is 0 Å². The third-order valence-corrected chi connectivity index (χ3v) is 2.59. The van der Waals surface area contributed by atoms with Crippen LogP contribution in [-0.4, -0.2) is 107 Å². The van der Waals surface area contributed by atoms with Crippen LogP contribution in [0.2, 0.25) is 0 Å². The second-order valence-corrected chi connectivity index (χ2v) is 4.14. The van der Waals surface area contributed by atoms with Gasteiger partial charge in [0.05, 0.1) is 51.7 Å². The Morgan fingerprint density at radius 1 is 0.526 bits per heavy atom. The molecule has 8 heteroatoms. The van der Waals surface area contributed by atoms with Crippen LogP contribution in [0.4, 0.5) is 0 Å². The standard InChI is InChI=1S/C6H15NO3.C5H12O4/c8-4-1-7(2-5-9)3-6-10;6-1-5(2-7,3-8)4-9/h8-10H,1-6H2;6-9H,1-4H2. The van der Waals surface area contributed by atoms with Crippen LogP contribution in [0.3, 0.4) is 0 Å². The smallest absolute Gasteiger partial charge is 0.0627 e. The molecule has 0 fully saturated rings. The predicted molar refractivity (Wildman–Crippen MR) is 68.5 cm³/mol. The molecule has 0 amide bonds. The topological polar surface area (TPSA) is 145 Å². The van der Waals surface area contributed by atoms with Crippen LogP contribution in [0.15, 0.2) is 0 Å². The minimum absolute atomic E-state index is 0.0694. The molecule has 0 saturated heterocycles. The van der Waals surface area contributed by atoms with Crippen LogP contribution in [-0.2, 0) is 0 Å². The summed E-state index contributed by atoms with van der Waals surface area (Å²) in [4.78, 5) is 1.79. The van der Waals surface area contributed by atoms with Gasteiger partial charge in [-0.25, -0.2) is 0 Å². The molecule has 0 saturated carbocycles. The predicted octanol–water partition coefficient (Wildman–Crippen LogP) is -3.79. The molecule has 0 unspecified atom stereocenters. The van der Waals surface area contributed by atoms with E-state index in [-0.39, 0.29) is 19.8 Å². The van der Waals surface area contributed by atoms with Gasteiger partial charge in [0.2, 0.25) is 0 Å². The van der Waals surface area contributed by atoms with Gasteiger partial charge in [0, 0.05) is 19.6 Å². The van der Waals surface area contributed by atoms with Crippen molar-refractivity contribution < 1.29 is 35.7 Å². The molecule has 0 aliphatic heterocycles. The summed E-state index contributed by atoms with van der Waals surface area (Å²) in [5.41, 5.74) is -1.11. The number of hydrogen-bond acceptors (Lipinski definition) is 8. The molecule has 0 heterocycles. The second kappa shape index (κ2) is 14.1. The molecule has 0 aromatic carbocycles. The van der Waals surface area contributed by atoms with Gasteiger partial charge in [0.25, 0.3) is 0 Å². The number of hydrogen-bond donors (Lipinski definition) is 7. The van der Waals surface area contributed by atoms with Gasteiger partial charge in [-0.05, 0) is 0 Å². The molecule has 8 nitrogen and oxygen atoms in total. The zero-order valence-electron chi connectivity index (χ0n) is 11.1. The molecule has 118 valence electrons. The van der Waals surface area contributed by atoms with Crippen molar-refractivity contribution in [2.75, 3.05) is 65.9 Å². The highest BCUT2D eigenvalue weighted by atomic mass is 16.3. The van der Waals surface area contributed by atoms with E-state index in [1.807, 2.05) is 0 Å². The summed E-state index contributed by atoms with van der Waals surface area (Å²) in [5, 5.41) is 59.4. The summed E-state index contributed by atoms with van der Waals surface area (Å²) in [6.07, 6.45) is 0. The van der Waals surface area contributed by atoms with Gasteiger partial charge in [0.15, 0.2) is 0 Å². The van der Waals surface area contributed by atoms with E-state index >= 15 is 0 Å². The van der Waals surface area contributed by atoms with E-state index in [9.17, 15) is 0 Å². The summed E-state index contributed by atoms with van der Waals surface area (Å²) in [6, 6.07) is 0. The average Bonchev–Trinajstić information content (AvgIpc) is 2.44. The van der Waals surface area contributed by atoms with Crippen LogP contribution in [0, 0.1) is 5.41 Å². The van der Waals surface area contributed by atoms with Crippen molar-refractivity contribution in [3.05, 3.63) is 0 Å². The molecule has 0 radical (unpaired) electrons. The number of rotatable bonds is 10. The van der Waals surface area contributed by atoms with Crippen molar-refractivity contribution in [1.29, 1.82) is 0 Å². The maximum Gasteiger partial charge on any atom is 0.0627 e. The molecular weight excluding hydrogens is 258 g/mol. The molecule has 7 N–H and O–H groups in total. The zero-order valence-corrected chi connectivity index (χ0v) is 11.1. The Hall–Kier alpha value is -0.320. The lowest BCUT2D eigenvalue weighted by Crippen LogP contribution is -2.37. The van der Waals surface area contributed by atoms with Crippen molar-refractivity contribution >= 4 is 0 Å². The fourth-order valence-electron chi connectivity index (χ4n) is 1.06. The molecule has 19 heavy (non-hydrogen) atoms. The van der Waals surface area contributed by atoms with Crippen LogP contribution in [0.25, 0.3) is 0 Å². The van der Waals surface area contributed by atoms with Gasteiger partial charge < -0.3 is 35.7 Å². The lowest BCUT2D eigenvalue weighted by molar-refractivity contribution is -0.0328. The first-order valence-electron chi connectivity index (χ1n) is 6.08. The lowest BCUT2D eigenvalue weighted by atomic mass is 9.93. The molecule has 0 aromatic rings. The summed E-state index contributed by atoms with van der Waals surface area (Å²) in [6.45, 7) is 0.128. The molecule has 0 spiro atoms. The molecule has 0 aliphatic rings. The Morgan fingerprint density at radius 2 is 0.789 bits per heavy atom. The molecule has 0 aromatic heterocycles. The van der Waals surface area contributed by atoms with E-state index < -0.39 is 31.8 Å².